The van der Waals surface area contributed by atoms with Gasteiger partial charge in [-0.25, -0.2) is 9.78 Å². The zero-order chi connectivity index (χ0) is 14.5. The van der Waals surface area contributed by atoms with Crippen LogP contribution in [0.15, 0.2) is 30.3 Å². The molecule has 0 saturated carbocycles. The van der Waals surface area contributed by atoms with Crippen LogP contribution in [0.25, 0.3) is 0 Å². The van der Waals surface area contributed by atoms with Crippen LogP contribution < -0.4 is 10.5 Å². The Bertz CT molecular complexity index is 593. The molecule has 106 valence electrons. The molecule has 1 aromatic heterocycles. The second kappa shape index (κ2) is 6.10. The number of esters is 1. The zero-order valence-corrected chi connectivity index (χ0v) is 11.5. The highest BCUT2D eigenvalue weighted by molar-refractivity contribution is 5.92. The third-order valence-corrected chi connectivity index (χ3v) is 2.90. The molecule has 2 aromatic rings. The lowest BCUT2D eigenvalue weighted by molar-refractivity contribution is 0.0595. The molecule has 0 radical (unpaired) electrons. The number of rotatable bonds is 5. The van der Waals surface area contributed by atoms with Crippen molar-refractivity contribution in [1.82, 2.24) is 9.55 Å². The lowest BCUT2D eigenvalue weighted by atomic mass is 10.3. The van der Waals surface area contributed by atoms with E-state index in [-0.39, 0.29) is 5.69 Å². The molecule has 1 heterocycles. The Hall–Kier alpha value is -2.50. The Labute approximate surface area is 117 Å². The van der Waals surface area contributed by atoms with Crippen LogP contribution in [-0.2, 0) is 11.3 Å². The topological polar surface area (TPSA) is 79.4 Å². The Kier molecular flexibility index (Phi) is 4.24. The minimum Gasteiger partial charge on any atom is -0.492 e. The SMILES string of the molecule is COC(=O)c1nc(C)n(CCOc2ccccc2)c1N. The fourth-order valence-electron chi connectivity index (χ4n) is 1.88. The minimum atomic E-state index is -0.534. The van der Waals surface area contributed by atoms with Gasteiger partial charge in [-0.3, -0.25) is 0 Å². The summed E-state index contributed by atoms with van der Waals surface area (Å²) in [6.45, 7) is 2.73. The number of aryl methyl sites for hydroxylation is 1. The Morgan fingerprint density at radius 2 is 2.05 bits per heavy atom. The molecule has 6 nitrogen and oxygen atoms in total. The molecule has 2 N–H and O–H groups in total. The number of benzene rings is 1. The number of nitrogens with two attached hydrogens (primary N) is 1. The number of carbonyl (C=O) groups excluding carboxylic acids is 1. The molecule has 0 saturated heterocycles. The predicted octanol–water partition coefficient (Wildman–Crippen LogP) is 1.64. The molecule has 0 fully saturated rings. The van der Waals surface area contributed by atoms with Gasteiger partial charge in [0.1, 0.15) is 24.0 Å². The van der Waals surface area contributed by atoms with Gasteiger partial charge < -0.3 is 19.8 Å². The number of hydrogen-bond acceptors (Lipinski definition) is 5. The molecular formula is C14H17N3O3. The van der Waals surface area contributed by atoms with Crippen molar-refractivity contribution in [3.63, 3.8) is 0 Å². The summed E-state index contributed by atoms with van der Waals surface area (Å²) in [4.78, 5) is 15.6. The van der Waals surface area contributed by atoms with Crippen LogP contribution in [0.1, 0.15) is 16.3 Å². The van der Waals surface area contributed by atoms with E-state index in [1.54, 1.807) is 11.5 Å². The van der Waals surface area contributed by atoms with Crippen LogP contribution in [-0.4, -0.2) is 29.2 Å². The van der Waals surface area contributed by atoms with Crippen molar-refractivity contribution in [2.45, 2.75) is 13.5 Å². The number of anilines is 1. The predicted molar refractivity (Wildman–Crippen MR) is 74.7 cm³/mol. The van der Waals surface area contributed by atoms with Crippen LogP contribution in [0.4, 0.5) is 5.82 Å². The standard InChI is InChI=1S/C14H17N3O3/c1-10-16-12(14(18)19-2)13(15)17(10)8-9-20-11-6-4-3-5-7-11/h3-7H,8-9,15H2,1-2H3. The van der Waals surface area contributed by atoms with E-state index in [2.05, 4.69) is 9.72 Å². The van der Waals surface area contributed by atoms with Gasteiger partial charge in [0.05, 0.1) is 13.7 Å². The molecule has 0 spiro atoms. The number of methoxy groups -OCH3 is 1. The molecule has 0 bridgehead atoms. The number of ether oxygens (including phenoxy) is 2. The van der Waals surface area contributed by atoms with Gasteiger partial charge in [0.2, 0.25) is 0 Å². The van der Waals surface area contributed by atoms with Crippen molar-refractivity contribution in [2.75, 3.05) is 19.5 Å². The summed E-state index contributed by atoms with van der Waals surface area (Å²) in [5, 5.41) is 0. The Morgan fingerprint density at radius 1 is 1.35 bits per heavy atom. The van der Waals surface area contributed by atoms with E-state index in [1.165, 1.54) is 7.11 Å². The van der Waals surface area contributed by atoms with Crippen molar-refractivity contribution in [1.29, 1.82) is 0 Å². The average molecular weight is 275 g/mol. The lowest BCUT2D eigenvalue weighted by Gasteiger charge is -2.09. The van der Waals surface area contributed by atoms with Crippen molar-refractivity contribution in [3.05, 3.63) is 41.9 Å². The minimum absolute atomic E-state index is 0.143. The second-order valence-corrected chi connectivity index (χ2v) is 4.20. The molecule has 0 aliphatic rings. The van der Waals surface area contributed by atoms with E-state index in [1.807, 2.05) is 30.3 Å². The smallest absolute Gasteiger partial charge is 0.360 e. The Balaban J connectivity index is 2.03. The van der Waals surface area contributed by atoms with Crippen molar-refractivity contribution >= 4 is 11.8 Å². The summed E-state index contributed by atoms with van der Waals surface area (Å²) in [5.41, 5.74) is 6.05. The van der Waals surface area contributed by atoms with Crippen LogP contribution in [0.5, 0.6) is 5.75 Å². The maximum atomic E-state index is 11.5. The third-order valence-electron chi connectivity index (χ3n) is 2.90. The van der Waals surface area contributed by atoms with E-state index in [9.17, 15) is 4.79 Å². The van der Waals surface area contributed by atoms with Crippen molar-refractivity contribution < 1.29 is 14.3 Å². The first-order valence-electron chi connectivity index (χ1n) is 6.22. The maximum Gasteiger partial charge on any atom is 0.360 e. The fourth-order valence-corrected chi connectivity index (χ4v) is 1.88. The first-order chi connectivity index (χ1) is 9.63. The van der Waals surface area contributed by atoms with Crippen molar-refractivity contribution in [2.24, 2.45) is 0 Å². The van der Waals surface area contributed by atoms with Gasteiger partial charge in [0, 0.05) is 0 Å². The van der Waals surface area contributed by atoms with Crippen LogP contribution >= 0.6 is 0 Å². The van der Waals surface area contributed by atoms with Gasteiger partial charge in [0.25, 0.3) is 0 Å². The van der Waals surface area contributed by atoms with E-state index in [0.29, 0.717) is 24.8 Å². The van der Waals surface area contributed by atoms with Crippen LogP contribution in [0.2, 0.25) is 0 Å². The third kappa shape index (κ3) is 2.90. The van der Waals surface area contributed by atoms with Gasteiger partial charge in [0.15, 0.2) is 5.69 Å². The highest BCUT2D eigenvalue weighted by atomic mass is 16.5. The summed E-state index contributed by atoms with van der Waals surface area (Å²) in [5.74, 6) is 1.20. The fraction of sp³-hybridized carbons (Fsp3) is 0.286. The molecule has 20 heavy (non-hydrogen) atoms. The highest BCUT2D eigenvalue weighted by Crippen LogP contribution is 2.15. The maximum absolute atomic E-state index is 11.5. The average Bonchev–Trinajstić information content (AvgIpc) is 2.75. The van der Waals surface area contributed by atoms with Gasteiger partial charge in [-0.05, 0) is 19.1 Å². The molecule has 0 aliphatic heterocycles. The van der Waals surface area contributed by atoms with Gasteiger partial charge >= 0.3 is 5.97 Å². The number of para-hydroxylation sites is 1. The quantitative estimate of drug-likeness (QED) is 0.839. The summed E-state index contributed by atoms with van der Waals surface area (Å²) in [6.07, 6.45) is 0. The molecule has 2 rings (SSSR count). The molecule has 0 amide bonds. The second-order valence-electron chi connectivity index (χ2n) is 4.20. The summed E-state index contributed by atoms with van der Waals surface area (Å²) in [7, 11) is 1.30. The summed E-state index contributed by atoms with van der Waals surface area (Å²) >= 11 is 0. The number of nitrogens with zero attached hydrogens (tertiary/aromatic N) is 2. The van der Waals surface area contributed by atoms with Crippen LogP contribution in [0.3, 0.4) is 0 Å². The molecular weight excluding hydrogens is 258 g/mol. The Morgan fingerprint density at radius 3 is 2.70 bits per heavy atom. The summed E-state index contributed by atoms with van der Waals surface area (Å²) in [6, 6.07) is 9.49. The van der Waals surface area contributed by atoms with Crippen molar-refractivity contribution in [3.8, 4) is 5.75 Å². The van der Waals surface area contributed by atoms with Gasteiger partial charge in [-0.15, -0.1) is 0 Å². The number of nitrogen functional groups attached to an aromatic ring is 1. The lowest BCUT2D eigenvalue weighted by Crippen LogP contribution is -2.13. The van der Waals surface area contributed by atoms with Gasteiger partial charge in [-0.2, -0.15) is 0 Å². The van der Waals surface area contributed by atoms with E-state index in [4.69, 9.17) is 10.5 Å². The van der Waals surface area contributed by atoms with E-state index >= 15 is 0 Å². The van der Waals surface area contributed by atoms with E-state index in [0.717, 1.165) is 5.75 Å². The van der Waals surface area contributed by atoms with Gasteiger partial charge in [-0.1, -0.05) is 18.2 Å². The summed E-state index contributed by atoms with van der Waals surface area (Å²) < 4.78 is 12.0. The van der Waals surface area contributed by atoms with E-state index < -0.39 is 5.97 Å². The molecule has 6 heteroatoms. The largest absolute Gasteiger partial charge is 0.492 e. The van der Waals surface area contributed by atoms with Crippen LogP contribution in [0, 0.1) is 6.92 Å². The number of hydrogen-bond donors (Lipinski definition) is 1. The monoisotopic (exact) mass is 275 g/mol. The number of carbonyl (C=O) groups is 1. The number of aromatic nitrogens is 2. The molecule has 0 atom stereocenters. The number of imidazole rings is 1. The molecule has 1 aromatic carbocycles. The first kappa shape index (κ1) is 13.9. The first-order valence-corrected chi connectivity index (χ1v) is 6.22. The normalized spacial score (nSPS) is 10.3. The molecule has 0 aliphatic carbocycles. The highest BCUT2D eigenvalue weighted by Gasteiger charge is 2.18. The molecule has 0 unspecified atom stereocenters. The zero-order valence-electron chi connectivity index (χ0n) is 11.5.